The Morgan fingerprint density at radius 2 is 0.516 bits per heavy atom. The molecule has 0 spiro atoms. The first kappa shape index (κ1) is 38.6. The maximum absolute atomic E-state index is 2.95. The van der Waals surface area contributed by atoms with Gasteiger partial charge in [-0.05, 0) is 304 Å². The Balaban J connectivity index is 0.927. The van der Waals surface area contributed by atoms with Crippen LogP contribution in [0.1, 0.15) is 165 Å². The monoisotopic (exact) mass is 859 g/mol. The maximum atomic E-state index is 2.95. The van der Waals surface area contributed by atoms with Gasteiger partial charge in [-0.2, -0.15) is 0 Å². The molecule has 2 heteroatoms. The Labute approximate surface area is 378 Å². The molecule has 0 unspecified atom stereocenters. The van der Waals surface area contributed by atoms with E-state index in [9.17, 15) is 0 Å². The minimum Gasteiger partial charge on any atom is -0.0894 e. The van der Waals surface area contributed by atoms with E-state index in [1.807, 2.05) is 11.1 Å². The molecular formula is C60H76P2. The van der Waals surface area contributed by atoms with Crippen molar-refractivity contribution in [3.63, 3.8) is 0 Å². The predicted octanol–water partition coefficient (Wildman–Crippen LogP) is 16.9. The van der Waals surface area contributed by atoms with Gasteiger partial charge in [-0.3, -0.25) is 0 Å². The first-order valence-electron chi connectivity index (χ1n) is 27.1. The van der Waals surface area contributed by atoms with Gasteiger partial charge in [-0.25, -0.2) is 0 Å². The van der Waals surface area contributed by atoms with Crippen LogP contribution in [0.15, 0.2) is 72.8 Å². The molecule has 0 saturated heterocycles. The Morgan fingerprint density at radius 3 is 0.726 bits per heavy atom. The summed E-state index contributed by atoms with van der Waals surface area (Å²) >= 11 is 0. The molecule has 16 bridgehead atoms. The lowest BCUT2D eigenvalue weighted by Gasteiger charge is -2.68. The molecule has 0 atom stereocenters. The molecular weight excluding hydrogens is 783 g/mol. The second kappa shape index (κ2) is 14.0. The minimum absolute atomic E-state index is 0.118. The number of rotatable bonds is 10. The van der Waals surface area contributed by atoms with Crippen LogP contribution in [0.5, 0.6) is 0 Å². The molecule has 16 aliphatic rings. The second-order valence-corrected chi connectivity index (χ2v) is 32.8. The fourth-order valence-electron chi connectivity index (χ4n) is 22.3. The summed E-state index contributed by atoms with van der Waals surface area (Å²) < 4.78 is 0. The van der Waals surface area contributed by atoms with Gasteiger partial charge in [0.2, 0.25) is 0 Å². The minimum atomic E-state index is -0.118. The molecule has 62 heavy (non-hydrogen) atoms. The molecule has 0 radical (unpaired) electrons. The normalized spacial score (nSPS) is 48.0. The maximum Gasteiger partial charge on any atom is -0.00600 e. The molecule has 0 N–H and O–H groups in total. The summed E-state index contributed by atoms with van der Waals surface area (Å²) in [5.41, 5.74) is 9.83. The molecule has 326 valence electrons. The molecule has 16 aliphatic carbocycles. The van der Waals surface area contributed by atoms with Crippen LogP contribution in [0.25, 0.3) is 22.3 Å². The molecule has 0 heterocycles. The van der Waals surface area contributed by atoms with Crippen LogP contribution >= 0.6 is 15.8 Å². The summed E-state index contributed by atoms with van der Waals surface area (Å²) in [6.07, 6.45) is 41.6. The highest BCUT2D eigenvalue weighted by atomic mass is 31.1. The average Bonchev–Trinajstić information content (AvgIpc) is 3.23. The van der Waals surface area contributed by atoms with Gasteiger partial charge in [0.1, 0.15) is 0 Å². The Kier molecular flexibility index (Phi) is 8.74. The summed E-state index contributed by atoms with van der Waals surface area (Å²) in [5, 5.41) is 2.68. The largest absolute Gasteiger partial charge is 0.0894 e. The zero-order chi connectivity index (χ0) is 40.4. The van der Waals surface area contributed by atoms with Crippen molar-refractivity contribution < 1.29 is 0 Å². The molecule has 0 nitrogen and oxygen atoms in total. The lowest BCUT2D eigenvalue weighted by Crippen LogP contribution is -2.57. The third-order valence-corrected chi connectivity index (χ3v) is 30.6. The smallest absolute Gasteiger partial charge is 0.00600 e. The van der Waals surface area contributed by atoms with Crippen LogP contribution in [-0.2, 0) is 12.3 Å². The van der Waals surface area contributed by atoms with Gasteiger partial charge in [0.15, 0.2) is 0 Å². The standard InChI is InChI=1S/C60H76P2/c1-3-7-51(8-4-1)55-23-53(37-61(57-25-39-11-40(26-57)13-41(12-39)27-57)58-28-42-14-43(29-58)16-44(15-42)30-58)54(24-56(55)52-9-5-2-6-10-52)38-62(59-31-45-17-46(32-59)19-47(18-45)33-59)60-34-48-20-49(35-60)22-50(21-48)36-60/h1-10,23-24,39-50H,11-22,25-38H2. The van der Waals surface area contributed by atoms with Crippen molar-refractivity contribution in [3.05, 3.63) is 83.9 Å². The molecule has 3 aromatic rings. The quantitative estimate of drug-likeness (QED) is 0.178. The molecule has 19 rings (SSSR count). The number of benzene rings is 3. The van der Waals surface area contributed by atoms with Crippen LogP contribution in [0.4, 0.5) is 0 Å². The molecule has 0 aromatic heterocycles. The van der Waals surface area contributed by atoms with Gasteiger partial charge in [0.05, 0.1) is 0 Å². The van der Waals surface area contributed by atoms with Crippen LogP contribution in [0, 0.1) is 71.0 Å². The summed E-state index contributed by atoms with van der Waals surface area (Å²) in [5.74, 6) is 12.7. The molecule has 3 aromatic carbocycles. The van der Waals surface area contributed by atoms with E-state index in [1.54, 1.807) is 165 Å². The summed E-state index contributed by atoms with van der Waals surface area (Å²) in [4.78, 5) is 0. The Morgan fingerprint density at radius 1 is 0.306 bits per heavy atom. The SMILES string of the molecule is c1ccc(-c2cc(CP(C34CC5CC(CC(C5)C3)C4)C34CC5CC(CC(C5)C3)C4)c(CP(C34CC5CC(CC(C5)C3)C4)C34CC5CC(CC(C5)C3)C4)cc2-c2ccccc2)cc1. The van der Waals surface area contributed by atoms with Crippen LogP contribution < -0.4 is 0 Å². The van der Waals surface area contributed by atoms with Gasteiger partial charge < -0.3 is 0 Å². The van der Waals surface area contributed by atoms with Crippen molar-refractivity contribution in [1.29, 1.82) is 0 Å². The number of hydrogen-bond acceptors (Lipinski definition) is 0. The van der Waals surface area contributed by atoms with Gasteiger partial charge in [0, 0.05) is 0 Å². The van der Waals surface area contributed by atoms with Gasteiger partial charge in [-0.15, -0.1) is 0 Å². The molecule has 16 saturated carbocycles. The predicted molar refractivity (Wildman–Crippen MR) is 262 cm³/mol. The first-order valence-corrected chi connectivity index (χ1v) is 30.2. The highest BCUT2D eigenvalue weighted by molar-refractivity contribution is 7.60. The zero-order valence-corrected chi connectivity index (χ0v) is 39.9. The van der Waals surface area contributed by atoms with Crippen molar-refractivity contribution in [1.82, 2.24) is 0 Å². The lowest BCUT2D eigenvalue weighted by atomic mass is 9.55. The first-order chi connectivity index (χ1) is 30.3. The third kappa shape index (κ3) is 6.08. The van der Waals surface area contributed by atoms with Crippen LogP contribution in [0.3, 0.4) is 0 Å². The van der Waals surface area contributed by atoms with Crippen molar-refractivity contribution >= 4 is 15.8 Å². The van der Waals surface area contributed by atoms with Gasteiger partial charge in [0.25, 0.3) is 0 Å². The summed E-state index contributed by atoms with van der Waals surface area (Å²) in [6, 6.07) is 29.6. The van der Waals surface area contributed by atoms with E-state index >= 15 is 0 Å². The average molecular weight is 859 g/mol. The number of hydrogen-bond donors (Lipinski definition) is 0. The van der Waals surface area contributed by atoms with E-state index in [2.05, 4.69) is 72.8 Å². The highest BCUT2D eigenvalue weighted by Crippen LogP contribution is 2.82. The van der Waals surface area contributed by atoms with E-state index in [4.69, 9.17) is 0 Å². The molecule has 0 aliphatic heterocycles. The van der Waals surface area contributed by atoms with Crippen LogP contribution in [0.2, 0.25) is 0 Å². The van der Waals surface area contributed by atoms with Gasteiger partial charge in [-0.1, -0.05) is 76.5 Å². The summed E-state index contributed by atoms with van der Waals surface area (Å²) in [7, 11) is -0.237. The topological polar surface area (TPSA) is 0 Å². The Hall–Kier alpha value is -1.48. The van der Waals surface area contributed by atoms with E-state index in [-0.39, 0.29) is 15.8 Å². The van der Waals surface area contributed by atoms with Crippen molar-refractivity contribution in [2.75, 3.05) is 0 Å². The Bertz CT molecular complexity index is 1830. The van der Waals surface area contributed by atoms with Crippen molar-refractivity contribution in [2.45, 2.75) is 187 Å². The van der Waals surface area contributed by atoms with Crippen molar-refractivity contribution in [3.8, 4) is 22.3 Å². The molecule has 0 amide bonds. The zero-order valence-electron chi connectivity index (χ0n) is 38.1. The fraction of sp³-hybridized carbons (Fsp3) is 0.700. The lowest BCUT2D eigenvalue weighted by molar-refractivity contribution is 0.0180. The second-order valence-electron chi connectivity index (χ2n) is 26.6. The van der Waals surface area contributed by atoms with E-state index in [1.165, 1.54) is 23.5 Å². The fourth-order valence-corrected chi connectivity index (χ4v) is 32.7. The molecule has 16 fully saturated rings. The van der Waals surface area contributed by atoms with Gasteiger partial charge >= 0.3 is 0 Å². The van der Waals surface area contributed by atoms with Crippen molar-refractivity contribution in [2.24, 2.45) is 71.0 Å². The van der Waals surface area contributed by atoms with E-state index in [0.717, 1.165) is 71.0 Å². The summed E-state index contributed by atoms with van der Waals surface area (Å²) in [6.45, 7) is 0. The van der Waals surface area contributed by atoms with E-state index in [0.29, 0.717) is 20.6 Å². The highest BCUT2D eigenvalue weighted by Gasteiger charge is 2.65. The van der Waals surface area contributed by atoms with Crippen LogP contribution in [-0.4, -0.2) is 20.6 Å². The van der Waals surface area contributed by atoms with E-state index < -0.39 is 0 Å². The third-order valence-electron chi connectivity index (χ3n) is 22.5.